The Labute approximate surface area is 175 Å². The lowest BCUT2D eigenvalue weighted by Gasteiger charge is -2.26. The summed E-state index contributed by atoms with van der Waals surface area (Å²) >= 11 is 0. The molecule has 2 aromatic rings. The lowest BCUT2D eigenvalue weighted by Crippen LogP contribution is -2.38. The van der Waals surface area contributed by atoms with Crippen molar-refractivity contribution in [2.24, 2.45) is 0 Å². The average Bonchev–Trinajstić information content (AvgIpc) is 2.86. The Hall–Kier alpha value is -3.17. The van der Waals surface area contributed by atoms with Crippen LogP contribution in [0.1, 0.15) is 6.92 Å². The summed E-state index contributed by atoms with van der Waals surface area (Å²) in [6.45, 7) is 6.91. The topological polar surface area (TPSA) is 91.8 Å². The van der Waals surface area contributed by atoms with Gasteiger partial charge in [-0.3, -0.25) is 9.69 Å². The maximum atomic E-state index is 11.9. The van der Waals surface area contributed by atoms with E-state index in [0.29, 0.717) is 24.1 Å². The molecule has 2 aliphatic rings. The number of benzene rings is 1. The molecule has 0 aliphatic carbocycles. The van der Waals surface area contributed by atoms with E-state index in [9.17, 15) is 4.79 Å². The van der Waals surface area contributed by atoms with E-state index in [1.54, 1.807) is 6.20 Å². The van der Waals surface area contributed by atoms with Crippen molar-refractivity contribution >= 4 is 29.0 Å². The highest BCUT2D eigenvalue weighted by molar-refractivity contribution is 6.03. The van der Waals surface area contributed by atoms with Crippen LogP contribution in [0.5, 0.6) is 5.75 Å². The van der Waals surface area contributed by atoms with Crippen molar-refractivity contribution in [3.8, 4) is 5.75 Å². The second kappa shape index (κ2) is 9.10. The summed E-state index contributed by atoms with van der Waals surface area (Å²) in [7, 11) is 1.87. The van der Waals surface area contributed by atoms with Gasteiger partial charge in [-0.15, -0.1) is 0 Å². The van der Waals surface area contributed by atoms with Gasteiger partial charge in [0.05, 0.1) is 19.4 Å². The average molecular weight is 410 g/mol. The quantitative estimate of drug-likeness (QED) is 0.749. The molecule has 1 aromatic heterocycles. The fourth-order valence-corrected chi connectivity index (χ4v) is 3.28. The number of carbonyl (C=O) groups excluding carboxylic acids is 1. The van der Waals surface area contributed by atoms with Crippen molar-refractivity contribution in [1.29, 1.82) is 0 Å². The van der Waals surface area contributed by atoms with Gasteiger partial charge in [0.1, 0.15) is 18.0 Å². The third-order valence-corrected chi connectivity index (χ3v) is 5.10. The standard InChI is InChI=1S/C21H26N6O3/c1-15-13-19(28)24-18-14-22-21(25-20(18)26(15)2)23-16-3-5-17(6-4-16)30-12-9-27-7-10-29-11-8-27/h3-6,13-14H,7-12H2,1-2H3,(H,24,28)(H,22,23,25). The van der Waals surface area contributed by atoms with Crippen molar-refractivity contribution in [2.75, 3.05) is 62.0 Å². The van der Waals surface area contributed by atoms with Crippen LogP contribution in [-0.2, 0) is 9.53 Å². The van der Waals surface area contributed by atoms with E-state index < -0.39 is 0 Å². The number of amides is 1. The molecule has 1 saturated heterocycles. The number of anilines is 4. The van der Waals surface area contributed by atoms with Gasteiger partial charge in [-0.1, -0.05) is 0 Å². The highest BCUT2D eigenvalue weighted by Crippen LogP contribution is 2.29. The van der Waals surface area contributed by atoms with Gasteiger partial charge in [0.15, 0.2) is 5.82 Å². The number of rotatable bonds is 6. The van der Waals surface area contributed by atoms with Crippen LogP contribution in [0, 0.1) is 0 Å². The third-order valence-electron chi connectivity index (χ3n) is 5.10. The van der Waals surface area contributed by atoms with E-state index in [2.05, 4.69) is 25.5 Å². The zero-order chi connectivity index (χ0) is 20.9. The predicted octanol–water partition coefficient (Wildman–Crippen LogP) is 2.22. The lowest BCUT2D eigenvalue weighted by atomic mass is 10.3. The lowest BCUT2D eigenvalue weighted by molar-refractivity contribution is -0.111. The fourth-order valence-electron chi connectivity index (χ4n) is 3.28. The number of allylic oxidation sites excluding steroid dienone is 1. The number of hydrogen-bond acceptors (Lipinski definition) is 8. The Morgan fingerprint density at radius 1 is 1.23 bits per heavy atom. The van der Waals surface area contributed by atoms with Gasteiger partial charge < -0.3 is 25.0 Å². The largest absolute Gasteiger partial charge is 0.492 e. The smallest absolute Gasteiger partial charge is 0.250 e. The molecule has 3 heterocycles. The van der Waals surface area contributed by atoms with E-state index in [1.165, 1.54) is 6.08 Å². The summed E-state index contributed by atoms with van der Waals surface area (Å²) in [5, 5.41) is 5.99. The Morgan fingerprint density at radius 3 is 2.77 bits per heavy atom. The molecule has 0 saturated carbocycles. The monoisotopic (exact) mass is 410 g/mol. The molecule has 2 N–H and O–H groups in total. The van der Waals surface area contributed by atoms with Gasteiger partial charge in [0.25, 0.3) is 0 Å². The maximum absolute atomic E-state index is 11.9. The number of fused-ring (bicyclic) bond motifs is 1. The highest BCUT2D eigenvalue weighted by atomic mass is 16.5. The summed E-state index contributed by atoms with van der Waals surface area (Å²) in [5.74, 6) is 1.71. The molecule has 0 radical (unpaired) electrons. The van der Waals surface area contributed by atoms with Crippen molar-refractivity contribution in [2.45, 2.75) is 6.92 Å². The zero-order valence-electron chi connectivity index (χ0n) is 17.2. The van der Waals surface area contributed by atoms with E-state index in [4.69, 9.17) is 9.47 Å². The maximum Gasteiger partial charge on any atom is 0.250 e. The Bertz CT molecular complexity index is 925. The number of hydrogen-bond donors (Lipinski definition) is 2. The first kappa shape index (κ1) is 20.1. The van der Waals surface area contributed by atoms with Crippen molar-refractivity contribution in [1.82, 2.24) is 14.9 Å². The number of aromatic nitrogens is 2. The van der Waals surface area contributed by atoms with Gasteiger partial charge in [0.2, 0.25) is 11.9 Å². The van der Waals surface area contributed by atoms with E-state index in [1.807, 2.05) is 43.1 Å². The van der Waals surface area contributed by atoms with Gasteiger partial charge in [-0.25, -0.2) is 4.98 Å². The second-order valence-electron chi connectivity index (χ2n) is 7.22. The molecule has 0 spiro atoms. The first-order valence-corrected chi connectivity index (χ1v) is 9.98. The highest BCUT2D eigenvalue weighted by Gasteiger charge is 2.19. The molecule has 158 valence electrons. The summed E-state index contributed by atoms with van der Waals surface area (Å²) in [5.41, 5.74) is 2.22. The van der Waals surface area contributed by atoms with Crippen LogP contribution in [0.15, 0.2) is 42.2 Å². The second-order valence-corrected chi connectivity index (χ2v) is 7.22. The number of morpholine rings is 1. The van der Waals surface area contributed by atoms with Crippen molar-refractivity contribution < 1.29 is 14.3 Å². The Kier molecular flexibility index (Phi) is 6.10. The minimum absolute atomic E-state index is 0.188. The molecular weight excluding hydrogens is 384 g/mol. The predicted molar refractivity (Wildman–Crippen MR) is 115 cm³/mol. The summed E-state index contributed by atoms with van der Waals surface area (Å²) in [4.78, 5) is 24.9. The molecule has 0 unspecified atom stereocenters. The summed E-state index contributed by atoms with van der Waals surface area (Å²) in [6.07, 6.45) is 3.14. The fraction of sp³-hybridized carbons (Fsp3) is 0.381. The minimum atomic E-state index is -0.188. The molecule has 9 nitrogen and oxygen atoms in total. The first-order chi connectivity index (χ1) is 14.6. The molecule has 30 heavy (non-hydrogen) atoms. The summed E-state index contributed by atoms with van der Waals surface area (Å²) in [6, 6.07) is 7.69. The molecule has 2 aliphatic heterocycles. The van der Waals surface area contributed by atoms with Crippen molar-refractivity contribution in [3.05, 3.63) is 42.2 Å². The third kappa shape index (κ3) is 4.87. The zero-order valence-corrected chi connectivity index (χ0v) is 17.2. The van der Waals surface area contributed by atoms with Gasteiger partial charge >= 0.3 is 0 Å². The normalized spacial score (nSPS) is 16.9. The molecule has 1 fully saturated rings. The van der Waals surface area contributed by atoms with Gasteiger partial charge in [-0.05, 0) is 31.2 Å². The van der Waals surface area contributed by atoms with Crippen LogP contribution in [0.3, 0.4) is 0 Å². The Morgan fingerprint density at radius 2 is 2.00 bits per heavy atom. The SMILES string of the molecule is CC1=CC(=O)Nc2cnc(Nc3ccc(OCCN4CCOCC4)cc3)nc2N1C. The van der Waals surface area contributed by atoms with E-state index in [0.717, 1.165) is 50.0 Å². The number of nitrogens with one attached hydrogen (secondary N) is 2. The molecule has 9 heteroatoms. The number of nitrogens with zero attached hydrogens (tertiary/aromatic N) is 4. The molecule has 0 atom stereocenters. The van der Waals surface area contributed by atoms with Crippen LogP contribution < -0.4 is 20.3 Å². The van der Waals surface area contributed by atoms with Crippen LogP contribution in [0.2, 0.25) is 0 Å². The minimum Gasteiger partial charge on any atom is -0.492 e. The Balaban J connectivity index is 1.36. The van der Waals surface area contributed by atoms with Crippen LogP contribution >= 0.6 is 0 Å². The molecular formula is C21H26N6O3. The molecule has 1 amide bonds. The molecule has 4 rings (SSSR count). The van der Waals surface area contributed by atoms with Crippen LogP contribution in [0.4, 0.5) is 23.1 Å². The van der Waals surface area contributed by atoms with Crippen LogP contribution in [-0.4, -0.2) is 67.3 Å². The van der Waals surface area contributed by atoms with Crippen LogP contribution in [0.25, 0.3) is 0 Å². The van der Waals surface area contributed by atoms with E-state index >= 15 is 0 Å². The van der Waals surface area contributed by atoms with E-state index in [-0.39, 0.29) is 5.91 Å². The number of carbonyl (C=O) groups is 1. The number of ether oxygens (including phenoxy) is 2. The van der Waals surface area contributed by atoms with Gasteiger partial charge in [0, 0.05) is 44.1 Å². The summed E-state index contributed by atoms with van der Waals surface area (Å²) < 4.78 is 11.2. The molecule has 1 aromatic carbocycles. The van der Waals surface area contributed by atoms with Crippen molar-refractivity contribution in [3.63, 3.8) is 0 Å². The molecule has 0 bridgehead atoms. The van der Waals surface area contributed by atoms with Gasteiger partial charge in [-0.2, -0.15) is 4.98 Å². The first-order valence-electron chi connectivity index (χ1n) is 9.98.